The van der Waals surface area contributed by atoms with Crippen LogP contribution in [0.1, 0.15) is 72.5 Å². The van der Waals surface area contributed by atoms with Gasteiger partial charge in [0.15, 0.2) is 11.6 Å². The lowest BCUT2D eigenvalue weighted by Crippen LogP contribution is -2.23. The van der Waals surface area contributed by atoms with E-state index < -0.39 is 63.5 Å². The zero-order valence-corrected chi connectivity index (χ0v) is 31.1. The van der Waals surface area contributed by atoms with Crippen molar-refractivity contribution in [2.24, 2.45) is 5.92 Å². The van der Waals surface area contributed by atoms with E-state index in [1.807, 2.05) is 6.92 Å². The zero-order chi connectivity index (χ0) is 39.7. The Morgan fingerprint density at radius 1 is 0.745 bits per heavy atom. The molecule has 4 N–H and O–H groups in total. The van der Waals surface area contributed by atoms with E-state index in [9.17, 15) is 35.9 Å². The highest BCUT2D eigenvalue weighted by Crippen LogP contribution is 2.43. The van der Waals surface area contributed by atoms with Gasteiger partial charge in [-0.3, -0.25) is 9.59 Å². The molecule has 0 saturated heterocycles. The topological polar surface area (TPSA) is 123 Å². The molecule has 8 rings (SSSR count). The summed E-state index contributed by atoms with van der Waals surface area (Å²) in [6.45, 7) is 3.02. The van der Waals surface area contributed by atoms with E-state index in [0.717, 1.165) is 83.8 Å². The average molecular weight is 791 g/mol. The fourth-order valence-corrected chi connectivity index (χ4v) is 9.09. The number of carbonyl (C=O) groups excluding carboxylic acids is 2. The number of aromatic nitrogens is 1. The quantitative estimate of drug-likeness (QED) is 0.102. The van der Waals surface area contributed by atoms with Crippen molar-refractivity contribution in [3.8, 4) is 17.3 Å². The van der Waals surface area contributed by atoms with Gasteiger partial charge in [-0.15, -0.1) is 22.7 Å². The lowest BCUT2D eigenvalue weighted by atomic mass is 9.91. The van der Waals surface area contributed by atoms with Crippen LogP contribution in [0.4, 0.5) is 37.0 Å². The molecule has 3 heterocycles. The monoisotopic (exact) mass is 790 g/mol. The molecule has 0 radical (unpaired) electrons. The van der Waals surface area contributed by atoms with Gasteiger partial charge in [-0.05, 0) is 105 Å². The van der Waals surface area contributed by atoms with Crippen molar-refractivity contribution in [1.29, 1.82) is 5.26 Å². The average Bonchev–Trinajstić information content (AvgIpc) is 3.92. The molecule has 0 spiro atoms. The Hall–Kier alpha value is -5.52. The number of rotatable bonds is 5. The van der Waals surface area contributed by atoms with Crippen LogP contribution in [0.5, 0.6) is 0 Å². The van der Waals surface area contributed by atoms with Gasteiger partial charge in [-0.25, -0.2) is 31.3 Å². The van der Waals surface area contributed by atoms with Gasteiger partial charge in [0.1, 0.15) is 50.8 Å². The summed E-state index contributed by atoms with van der Waals surface area (Å²) in [5.74, 6) is -8.36. The molecule has 0 aliphatic heterocycles. The Morgan fingerprint density at radius 2 is 1.25 bits per heavy atom. The van der Waals surface area contributed by atoms with Crippen LogP contribution < -0.4 is 11.5 Å². The third kappa shape index (κ3) is 7.85. The minimum atomic E-state index is -1.39. The second kappa shape index (κ2) is 16.1. The van der Waals surface area contributed by atoms with Gasteiger partial charge in [-0.1, -0.05) is 0 Å². The number of hydrogen-bond donors (Lipinski definition) is 2. The van der Waals surface area contributed by atoms with Crippen molar-refractivity contribution < 1.29 is 35.9 Å². The second-order valence-electron chi connectivity index (χ2n) is 13.1. The molecule has 6 aromatic rings. The molecule has 2 aliphatic rings. The SMILES string of the molecule is CC(C(=O)c1ccc(F)cc1F)C(=O)c1ccc(F)cc1F.Cc1c(-c2ccc(F)cc2F)nc2sc3c(c2c1N)CCC3.N#Cc1c(N)sc2c1CCC2. The first kappa shape index (κ1) is 39.2. The number of nitrogens with two attached hydrogens (primary N) is 2. The number of fused-ring (bicyclic) bond motifs is 4. The maximum Gasteiger partial charge on any atom is 0.176 e. The molecule has 0 bridgehead atoms. The molecule has 6 nitrogen and oxygen atoms in total. The molecule has 0 saturated carbocycles. The molecule has 0 atom stereocenters. The molecule has 282 valence electrons. The molecule has 2 aliphatic carbocycles. The molecular formula is C41H32F6N4O2S2. The Balaban J connectivity index is 0.000000148. The Morgan fingerprint density at radius 3 is 1.78 bits per heavy atom. The summed E-state index contributed by atoms with van der Waals surface area (Å²) in [6, 6.07) is 10.3. The minimum absolute atomic E-state index is 0.293. The first-order valence-corrected chi connectivity index (χ1v) is 18.8. The summed E-state index contributed by atoms with van der Waals surface area (Å²) in [5.41, 5.74) is 16.5. The Bertz CT molecular complexity index is 2480. The largest absolute Gasteiger partial charge is 0.398 e. The van der Waals surface area contributed by atoms with E-state index in [1.165, 1.54) is 46.4 Å². The lowest BCUT2D eigenvalue weighted by molar-refractivity contribution is 0.0816. The number of nitrogens with zero attached hydrogens (tertiary/aromatic N) is 2. The van der Waals surface area contributed by atoms with Crippen molar-refractivity contribution >= 4 is 55.1 Å². The summed E-state index contributed by atoms with van der Waals surface area (Å²) >= 11 is 3.22. The van der Waals surface area contributed by atoms with Crippen LogP contribution in [-0.2, 0) is 25.7 Å². The first-order valence-electron chi connectivity index (χ1n) is 17.1. The molecule has 55 heavy (non-hydrogen) atoms. The van der Waals surface area contributed by atoms with E-state index in [4.69, 9.17) is 16.7 Å². The van der Waals surface area contributed by atoms with Gasteiger partial charge in [0.05, 0.1) is 28.3 Å². The fourth-order valence-electron chi connectivity index (χ4n) is 6.70. The van der Waals surface area contributed by atoms with Crippen LogP contribution in [0.25, 0.3) is 21.5 Å². The molecule has 0 fully saturated rings. The number of Topliss-reactive ketones (excluding diaryl/α,β-unsaturated/α-hetero) is 2. The molecule has 0 amide bonds. The summed E-state index contributed by atoms with van der Waals surface area (Å²) in [7, 11) is 0. The Labute approximate surface area is 320 Å². The highest BCUT2D eigenvalue weighted by atomic mass is 32.1. The van der Waals surface area contributed by atoms with Crippen LogP contribution in [0.2, 0.25) is 0 Å². The van der Waals surface area contributed by atoms with E-state index in [1.54, 1.807) is 22.7 Å². The van der Waals surface area contributed by atoms with E-state index in [-0.39, 0.29) is 0 Å². The third-order valence-electron chi connectivity index (χ3n) is 9.57. The number of pyridine rings is 1. The maximum absolute atomic E-state index is 14.1. The number of hydrogen-bond acceptors (Lipinski definition) is 8. The maximum atomic E-state index is 14.1. The zero-order valence-electron chi connectivity index (χ0n) is 29.5. The van der Waals surface area contributed by atoms with Crippen LogP contribution in [0.15, 0.2) is 54.6 Å². The number of carbonyl (C=O) groups is 2. The van der Waals surface area contributed by atoms with Gasteiger partial charge < -0.3 is 11.5 Å². The van der Waals surface area contributed by atoms with Crippen molar-refractivity contribution in [1.82, 2.24) is 4.98 Å². The number of nitriles is 1. The van der Waals surface area contributed by atoms with Crippen LogP contribution in [0.3, 0.4) is 0 Å². The lowest BCUT2D eigenvalue weighted by Gasteiger charge is -2.11. The van der Waals surface area contributed by atoms with Crippen LogP contribution in [0, 0.1) is 59.1 Å². The number of anilines is 2. The van der Waals surface area contributed by atoms with Crippen molar-refractivity contribution in [2.45, 2.75) is 52.4 Å². The molecule has 3 aromatic carbocycles. The number of nitrogen functional groups attached to an aromatic ring is 2. The third-order valence-corrected chi connectivity index (χ3v) is 11.9. The van der Waals surface area contributed by atoms with E-state index >= 15 is 0 Å². The number of aryl methyl sites for hydroxylation is 3. The number of thiophene rings is 2. The van der Waals surface area contributed by atoms with Crippen molar-refractivity contribution in [3.63, 3.8) is 0 Å². The standard InChI is InChI=1S/C17H14F2N2S.C16H10F4O2.C8H8N2S/c1-8-15(20)14-11-3-2-4-13(11)22-17(14)21-16(8)10-6-5-9(18)7-12(10)19;1-8(15(21)11-4-2-9(17)6-13(11)19)16(22)12-5-3-10(18)7-14(12)20;9-4-6-5-2-1-3-7(5)11-8(6)10/h5-7H,2-4H2,1H3,(H2,20,21);2-8H,1H3;1-3,10H2. The van der Waals surface area contributed by atoms with Crippen LogP contribution in [-0.4, -0.2) is 16.6 Å². The van der Waals surface area contributed by atoms with E-state index in [0.29, 0.717) is 34.1 Å². The summed E-state index contributed by atoms with van der Waals surface area (Å²) in [5, 5.41) is 10.5. The number of ketones is 2. The minimum Gasteiger partial charge on any atom is -0.398 e. The summed E-state index contributed by atoms with van der Waals surface area (Å²) in [6.07, 6.45) is 6.61. The van der Waals surface area contributed by atoms with Gasteiger partial charge in [0, 0.05) is 44.6 Å². The molecular weight excluding hydrogens is 759 g/mol. The van der Waals surface area contributed by atoms with Crippen molar-refractivity contribution in [2.75, 3.05) is 11.5 Å². The predicted octanol–water partition coefficient (Wildman–Crippen LogP) is 10.3. The normalized spacial score (nSPS) is 12.7. The number of halogens is 6. The second-order valence-corrected chi connectivity index (χ2v) is 15.3. The van der Waals surface area contributed by atoms with Gasteiger partial charge in [-0.2, -0.15) is 5.26 Å². The number of benzene rings is 3. The molecule has 0 unspecified atom stereocenters. The van der Waals surface area contributed by atoms with Gasteiger partial charge in [0.25, 0.3) is 0 Å². The van der Waals surface area contributed by atoms with Gasteiger partial charge >= 0.3 is 0 Å². The summed E-state index contributed by atoms with van der Waals surface area (Å²) in [4.78, 5) is 32.3. The van der Waals surface area contributed by atoms with Crippen LogP contribution >= 0.6 is 22.7 Å². The van der Waals surface area contributed by atoms with Gasteiger partial charge in [0.2, 0.25) is 0 Å². The smallest absolute Gasteiger partial charge is 0.176 e. The summed E-state index contributed by atoms with van der Waals surface area (Å²) < 4.78 is 80.0. The first-order chi connectivity index (χ1) is 26.2. The highest BCUT2D eigenvalue weighted by Gasteiger charge is 2.28. The molecule has 14 heteroatoms. The fraction of sp³-hybridized carbons (Fsp3) is 0.220. The predicted molar refractivity (Wildman–Crippen MR) is 202 cm³/mol. The Kier molecular flexibility index (Phi) is 11.4. The van der Waals surface area contributed by atoms with Crippen molar-refractivity contribution in [3.05, 3.63) is 133 Å². The molecule has 3 aromatic heterocycles. The highest BCUT2D eigenvalue weighted by molar-refractivity contribution is 7.19. The van der Waals surface area contributed by atoms with E-state index in [2.05, 4.69) is 11.1 Å².